The molecular weight excluding hydrogens is 611 g/mol. The van der Waals surface area contributed by atoms with Crippen LogP contribution in [0.15, 0.2) is 28.2 Å². The molecule has 0 unspecified atom stereocenters. The number of benzene rings is 2. The van der Waals surface area contributed by atoms with Crippen LogP contribution in [0.4, 0.5) is 11.4 Å². The molecule has 0 amide bonds. The molecule has 0 aliphatic carbocycles. The Balaban J connectivity index is 0.00000153. The average Bonchev–Trinajstić information content (AvgIpc) is 2.89. The van der Waals surface area contributed by atoms with Gasteiger partial charge in [0.25, 0.3) is 0 Å². The molecule has 2 aromatic carbocycles. The van der Waals surface area contributed by atoms with E-state index < -0.39 is 0 Å². The van der Waals surface area contributed by atoms with Crippen molar-refractivity contribution in [3.05, 3.63) is 83.6 Å². The van der Waals surface area contributed by atoms with E-state index in [4.69, 9.17) is 70.0 Å². The van der Waals surface area contributed by atoms with Gasteiger partial charge in [-0.25, -0.2) is 15.0 Å². The minimum absolute atomic E-state index is 0.194. The van der Waals surface area contributed by atoms with E-state index in [1.807, 2.05) is 59.7 Å². The summed E-state index contributed by atoms with van der Waals surface area (Å²) in [5, 5.41) is 1.82. The van der Waals surface area contributed by atoms with Gasteiger partial charge in [0.15, 0.2) is 0 Å². The second kappa shape index (κ2) is 13.8. The Morgan fingerprint density at radius 1 is 0.595 bits per heavy atom. The number of nitrogens with zero attached hydrogens (tertiary/aromatic N) is 3. The van der Waals surface area contributed by atoms with E-state index in [0.717, 1.165) is 56.3 Å². The van der Waals surface area contributed by atoms with E-state index in [-0.39, 0.29) is 13.1 Å². The summed E-state index contributed by atoms with van der Waals surface area (Å²) in [4.78, 5) is 14.5. The molecule has 0 fully saturated rings. The SMILES string of the molecule is CC(=Nc1c(C)c(C)c(C)c(C)c1Cl)c1cccc(C(C)=Nc2c(Cl)c(C)c(C)c(C)c2Cl)n1.[Cl][Fe][Cl]. The molecule has 1 aromatic heterocycles. The Kier molecular flexibility index (Phi) is 12.0. The van der Waals surface area contributed by atoms with Gasteiger partial charge in [-0.2, -0.15) is 0 Å². The van der Waals surface area contributed by atoms with E-state index >= 15 is 0 Å². The van der Waals surface area contributed by atoms with Gasteiger partial charge < -0.3 is 0 Å². The summed E-state index contributed by atoms with van der Waals surface area (Å²) < 4.78 is 0. The first-order valence-electron chi connectivity index (χ1n) is 11.4. The average molecular weight is 642 g/mol. The molecule has 0 atom stereocenters. The molecule has 0 saturated heterocycles. The molecule has 3 rings (SSSR count). The molecule has 0 radical (unpaired) electrons. The van der Waals surface area contributed by atoms with Gasteiger partial charge in [-0.05, 0) is 113 Å². The number of hydrogen-bond donors (Lipinski definition) is 0. The molecule has 1 heterocycles. The summed E-state index contributed by atoms with van der Waals surface area (Å²) in [6.07, 6.45) is 0. The fourth-order valence-corrected chi connectivity index (χ4v) is 4.76. The van der Waals surface area contributed by atoms with Crippen LogP contribution in [-0.4, -0.2) is 16.4 Å². The summed E-state index contributed by atoms with van der Waals surface area (Å²) in [6, 6.07) is 5.81. The van der Waals surface area contributed by atoms with Gasteiger partial charge in [-0.3, -0.25) is 0 Å². The Morgan fingerprint density at radius 3 is 1.35 bits per heavy atom. The van der Waals surface area contributed by atoms with Crippen LogP contribution in [0.1, 0.15) is 64.2 Å². The van der Waals surface area contributed by atoms with E-state index in [1.54, 1.807) is 0 Å². The predicted molar refractivity (Wildman–Crippen MR) is 161 cm³/mol. The first-order valence-corrected chi connectivity index (χ1v) is 15.6. The van der Waals surface area contributed by atoms with Crippen LogP contribution in [0.5, 0.6) is 0 Å². The summed E-state index contributed by atoms with van der Waals surface area (Å²) >= 11 is 20.1. The van der Waals surface area contributed by atoms with E-state index in [1.165, 1.54) is 11.1 Å². The fraction of sp³-hybridized carbons (Fsp3) is 0.321. The van der Waals surface area contributed by atoms with Crippen LogP contribution in [0.3, 0.4) is 0 Å². The predicted octanol–water partition coefficient (Wildman–Crippen LogP) is 10.9. The van der Waals surface area contributed by atoms with Crippen LogP contribution >= 0.6 is 55.0 Å². The van der Waals surface area contributed by atoms with Crippen molar-refractivity contribution in [2.24, 2.45) is 9.98 Å². The molecule has 0 aliphatic heterocycles. The van der Waals surface area contributed by atoms with Gasteiger partial charge in [0.2, 0.25) is 0 Å². The van der Waals surface area contributed by atoms with Crippen molar-refractivity contribution in [2.75, 3.05) is 0 Å². The molecule has 3 nitrogen and oxygen atoms in total. The first kappa shape index (κ1) is 32.1. The molecule has 0 spiro atoms. The summed E-state index contributed by atoms with van der Waals surface area (Å²) in [7, 11) is 9.53. The van der Waals surface area contributed by atoms with Crippen LogP contribution in [0.25, 0.3) is 0 Å². The number of rotatable bonds is 4. The van der Waals surface area contributed by atoms with Gasteiger partial charge in [0.05, 0.1) is 43.6 Å². The van der Waals surface area contributed by atoms with Crippen molar-refractivity contribution in [3.63, 3.8) is 0 Å². The van der Waals surface area contributed by atoms with Crippen molar-refractivity contribution in [1.29, 1.82) is 0 Å². The summed E-state index contributed by atoms with van der Waals surface area (Å²) in [5.41, 5.74) is 11.9. The molecule has 0 aliphatic rings. The number of hydrogen-bond acceptors (Lipinski definition) is 3. The topological polar surface area (TPSA) is 37.6 Å². The maximum absolute atomic E-state index is 6.67. The summed E-state index contributed by atoms with van der Waals surface area (Å²) in [5.74, 6) is 0. The standard InChI is InChI=1S/C28H30Cl3N3.2ClH.Fe/c1-13-14(2)19(7)27(24(29)16(13)4)32-20(8)22-11-10-12-23(34-22)21(9)33-28-25(30)17(5)15(3)18(6)26(28)31;;;/h10-12H,1-9H3;2*1H;/q;;;+2/p-2. The zero-order valence-corrected chi connectivity index (χ0v) is 27.2. The third-order valence-electron chi connectivity index (χ3n) is 6.83. The number of pyridine rings is 1. The third-order valence-corrected chi connectivity index (χ3v) is 8.22. The molecular formula is C28H30Cl5FeN3. The molecule has 0 bridgehead atoms. The van der Waals surface area contributed by atoms with Gasteiger partial charge in [-0.15, -0.1) is 0 Å². The Bertz CT molecular complexity index is 1240. The Hall–Kier alpha value is -1.10. The molecule has 3 aromatic rings. The monoisotopic (exact) mass is 639 g/mol. The van der Waals surface area contributed by atoms with Crippen molar-refractivity contribution in [2.45, 2.75) is 62.3 Å². The molecule has 0 N–H and O–H groups in total. The van der Waals surface area contributed by atoms with E-state index in [9.17, 15) is 0 Å². The van der Waals surface area contributed by atoms with Crippen LogP contribution in [-0.2, 0) is 13.1 Å². The second-order valence-corrected chi connectivity index (χ2v) is 11.8. The van der Waals surface area contributed by atoms with Crippen LogP contribution in [0, 0.1) is 48.5 Å². The molecule has 9 heteroatoms. The first-order chi connectivity index (χ1) is 17.3. The quantitative estimate of drug-likeness (QED) is 0.206. The maximum atomic E-state index is 6.67. The number of halogens is 5. The fourth-order valence-electron chi connectivity index (χ4n) is 3.83. The number of aromatic nitrogens is 1. The number of aliphatic imine (C=N–C) groups is 2. The molecule has 37 heavy (non-hydrogen) atoms. The third kappa shape index (κ3) is 7.11. The van der Waals surface area contributed by atoms with Crippen molar-refractivity contribution >= 4 is 77.8 Å². The van der Waals surface area contributed by atoms with E-state index in [0.29, 0.717) is 20.8 Å². The normalized spacial score (nSPS) is 12.1. The van der Waals surface area contributed by atoms with E-state index in [2.05, 4.69) is 20.8 Å². The van der Waals surface area contributed by atoms with Gasteiger partial charge in [0, 0.05) is 0 Å². The minimum atomic E-state index is 0.194. The molecule has 200 valence electrons. The van der Waals surface area contributed by atoms with Gasteiger partial charge in [0.1, 0.15) is 5.69 Å². The van der Waals surface area contributed by atoms with Crippen LogP contribution in [0.2, 0.25) is 15.1 Å². The zero-order chi connectivity index (χ0) is 28.2. The Morgan fingerprint density at radius 2 is 0.919 bits per heavy atom. The van der Waals surface area contributed by atoms with Gasteiger partial charge in [-0.1, -0.05) is 40.9 Å². The molecule has 0 saturated carbocycles. The van der Waals surface area contributed by atoms with Gasteiger partial charge >= 0.3 is 33.3 Å². The summed E-state index contributed by atoms with van der Waals surface area (Å²) in [6.45, 7) is 18.1. The zero-order valence-electron chi connectivity index (χ0n) is 22.3. The Labute approximate surface area is 250 Å². The van der Waals surface area contributed by atoms with Crippen molar-refractivity contribution in [3.8, 4) is 0 Å². The second-order valence-electron chi connectivity index (χ2n) is 8.87. The van der Waals surface area contributed by atoms with Crippen LogP contribution < -0.4 is 0 Å². The van der Waals surface area contributed by atoms with Crippen molar-refractivity contribution < 1.29 is 13.1 Å². The van der Waals surface area contributed by atoms with Crippen molar-refractivity contribution in [1.82, 2.24) is 4.98 Å².